The minimum absolute atomic E-state index is 0.498. The summed E-state index contributed by atoms with van der Waals surface area (Å²) in [6, 6.07) is 1.65. The monoisotopic (exact) mass is 266 g/mol. The Bertz CT molecular complexity index is 269. The van der Waals surface area contributed by atoms with E-state index in [1.54, 1.807) is 0 Å². The third kappa shape index (κ3) is 4.19. The lowest BCUT2D eigenvalue weighted by molar-refractivity contribution is 0.181. The first-order valence-electron chi connectivity index (χ1n) is 8.48. The maximum absolute atomic E-state index is 3.64. The van der Waals surface area contributed by atoms with Gasteiger partial charge in [-0.2, -0.15) is 0 Å². The number of hydrogen-bond acceptors (Lipinski definition) is 2. The van der Waals surface area contributed by atoms with Crippen molar-refractivity contribution in [2.45, 2.75) is 78.3 Å². The second kappa shape index (κ2) is 6.58. The molecule has 0 amide bonds. The smallest absolute Gasteiger partial charge is 0.0111 e. The first-order valence-corrected chi connectivity index (χ1v) is 8.48. The molecule has 1 aliphatic carbocycles. The maximum atomic E-state index is 3.64. The second-order valence-corrected chi connectivity index (χ2v) is 7.75. The van der Waals surface area contributed by atoms with Crippen LogP contribution >= 0.6 is 0 Å². The Morgan fingerprint density at radius 2 is 1.84 bits per heavy atom. The highest BCUT2D eigenvalue weighted by Gasteiger charge is 2.32. The van der Waals surface area contributed by atoms with E-state index in [9.17, 15) is 0 Å². The van der Waals surface area contributed by atoms with Crippen molar-refractivity contribution in [3.05, 3.63) is 0 Å². The van der Waals surface area contributed by atoms with E-state index in [2.05, 4.69) is 37.9 Å². The van der Waals surface area contributed by atoms with Crippen LogP contribution in [0.4, 0.5) is 0 Å². The third-order valence-corrected chi connectivity index (χ3v) is 5.40. The van der Waals surface area contributed by atoms with Gasteiger partial charge in [0.05, 0.1) is 0 Å². The van der Waals surface area contributed by atoms with Crippen molar-refractivity contribution >= 4 is 0 Å². The summed E-state index contributed by atoms with van der Waals surface area (Å²) in [7, 11) is 0. The van der Waals surface area contributed by atoms with Gasteiger partial charge in [0.1, 0.15) is 0 Å². The van der Waals surface area contributed by atoms with Crippen LogP contribution < -0.4 is 5.32 Å². The van der Waals surface area contributed by atoms with Crippen LogP contribution in [-0.2, 0) is 0 Å². The molecule has 2 heteroatoms. The van der Waals surface area contributed by atoms with Gasteiger partial charge in [-0.05, 0) is 69.5 Å². The number of nitrogens with one attached hydrogen (secondary N) is 1. The van der Waals surface area contributed by atoms with Crippen LogP contribution in [0.3, 0.4) is 0 Å². The molecule has 1 saturated carbocycles. The van der Waals surface area contributed by atoms with Gasteiger partial charge in [-0.3, -0.25) is 0 Å². The lowest BCUT2D eigenvalue weighted by Gasteiger charge is -2.31. The van der Waals surface area contributed by atoms with Crippen molar-refractivity contribution in [1.29, 1.82) is 0 Å². The van der Waals surface area contributed by atoms with E-state index >= 15 is 0 Å². The zero-order chi connectivity index (χ0) is 13.9. The third-order valence-electron chi connectivity index (χ3n) is 5.40. The molecule has 3 unspecified atom stereocenters. The van der Waals surface area contributed by atoms with Crippen molar-refractivity contribution in [2.75, 3.05) is 19.6 Å². The minimum atomic E-state index is 0.498. The van der Waals surface area contributed by atoms with Crippen molar-refractivity contribution < 1.29 is 0 Å². The fraction of sp³-hybridized carbons (Fsp3) is 1.00. The predicted octanol–water partition coefficient (Wildman–Crippen LogP) is 3.67. The second-order valence-electron chi connectivity index (χ2n) is 7.75. The van der Waals surface area contributed by atoms with Crippen LogP contribution in [0.1, 0.15) is 66.2 Å². The molecule has 112 valence electrons. The standard InChI is InChI=1S/C17H34N2/c1-5-18-15-8-9-16(13-15)19-11-6-7-14(10-12-19)17(2,3)4/h14-16,18H,5-13H2,1-4H3. The highest BCUT2D eigenvalue weighted by molar-refractivity contribution is 4.88. The maximum Gasteiger partial charge on any atom is 0.0111 e. The predicted molar refractivity (Wildman–Crippen MR) is 83.5 cm³/mol. The SMILES string of the molecule is CCNC1CCC(N2CCCC(C(C)(C)C)CC2)C1. The van der Waals surface area contributed by atoms with Gasteiger partial charge in [0.2, 0.25) is 0 Å². The highest BCUT2D eigenvalue weighted by Crippen LogP contribution is 2.36. The molecule has 19 heavy (non-hydrogen) atoms. The summed E-state index contributed by atoms with van der Waals surface area (Å²) in [5.41, 5.74) is 0.498. The molecule has 0 aromatic rings. The number of hydrogen-bond donors (Lipinski definition) is 1. The zero-order valence-corrected chi connectivity index (χ0v) is 13.5. The van der Waals surface area contributed by atoms with Crippen LogP contribution in [-0.4, -0.2) is 36.6 Å². The Morgan fingerprint density at radius 1 is 1.05 bits per heavy atom. The molecular weight excluding hydrogens is 232 g/mol. The van der Waals surface area contributed by atoms with Gasteiger partial charge in [0.25, 0.3) is 0 Å². The van der Waals surface area contributed by atoms with E-state index in [1.807, 2.05) is 0 Å². The van der Waals surface area contributed by atoms with E-state index in [4.69, 9.17) is 0 Å². The molecule has 1 saturated heterocycles. The first-order chi connectivity index (χ1) is 9.00. The van der Waals surface area contributed by atoms with Gasteiger partial charge in [0.15, 0.2) is 0 Å². The lowest BCUT2D eigenvalue weighted by Crippen LogP contribution is -2.36. The van der Waals surface area contributed by atoms with Gasteiger partial charge < -0.3 is 10.2 Å². The van der Waals surface area contributed by atoms with Crippen molar-refractivity contribution in [3.63, 3.8) is 0 Å². The fourth-order valence-corrected chi connectivity index (χ4v) is 4.11. The van der Waals surface area contributed by atoms with E-state index < -0.39 is 0 Å². The zero-order valence-electron chi connectivity index (χ0n) is 13.5. The molecule has 1 heterocycles. The van der Waals surface area contributed by atoms with Crippen LogP contribution in [0, 0.1) is 11.3 Å². The molecule has 0 aromatic heterocycles. The summed E-state index contributed by atoms with van der Waals surface area (Å²) in [4.78, 5) is 2.81. The summed E-state index contributed by atoms with van der Waals surface area (Å²) < 4.78 is 0. The van der Waals surface area contributed by atoms with Gasteiger partial charge >= 0.3 is 0 Å². The van der Waals surface area contributed by atoms with Gasteiger partial charge in [-0.25, -0.2) is 0 Å². The minimum Gasteiger partial charge on any atom is -0.314 e. The van der Waals surface area contributed by atoms with Gasteiger partial charge in [-0.15, -0.1) is 0 Å². The van der Waals surface area contributed by atoms with Gasteiger partial charge in [-0.1, -0.05) is 27.7 Å². The normalized spacial score (nSPS) is 34.4. The van der Waals surface area contributed by atoms with Crippen LogP contribution in [0.25, 0.3) is 0 Å². The van der Waals surface area contributed by atoms with E-state index in [1.165, 1.54) is 51.6 Å². The molecule has 2 nitrogen and oxygen atoms in total. The molecule has 0 radical (unpaired) electrons. The summed E-state index contributed by atoms with van der Waals surface area (Å²) in [6.45, 7) is 13.3. The molecule has 1 aliphatic heterocycles. The molecule has 3 atom stereocenters. The fourth-order valence-electron chi connectivity index (χ4n) is 4.11. The van der Waals surface area contributed by atoms with E-state index in [0.717, 1.165) is 24.5 Å². The first kappa shape index (κ1) is 15.3. The van der Waals surface area contributed by atoms with Crippen molar-refractivity contribution in [2.24, 2.45) is 11.3 Å². The van der Waals surface area contributed by atoms with Crippen molar-refractivity contribution in [1.82, 2.24) is 10.2 Å². The van der Waals surface area contributed by atoms with Crippen LogP contribution in [0.5, 0.6) is 0 Å². The molecule has 0 bridgehead atoms. The lowest BCUT2D eigenvalue weighted by atomic mass is 9.77. The largest absolute Gasteiger partial charge is 0.314 e. The molecule has 2 rings (SSSR count). The molecule has 0 aromatic carbocycles. The molecule has 1 N–H and O–H groups in total. The van der Waals surface area contributed by atoms with E-state index in [-0.39, 0.29) is 0 Å². The number of rotatable bonds is 3. The van der Waals surface area contributed by atoms with Gasteiger partial charge in [0, 0.05) is 12.1 Å². The topological polar surface area (TPSA) is 15.3 Å². The summed E-state index contributed by atoms with van der Waals surface area (Å²) >= 11 is 0. The van der Waals surface area contributed by atoms with Crippen LogP contribution in [0.2, 0.25) is 0 Å². The van der Waals surface area contributed by atoms with Crippen LogP contribution in [0.15, 0.2) is 0 Å². The molecule has 0 spiro atoms. The number of nitrogens with zero attached hydrogens (tertiary/aromatic N) is 1. The Balaban J connectivity index is 1.83. The Morgan fingerprint density at radius 3 is 2.53 bits per heavy atom. The Hall–Kier alpha value is -0.0800. The Kier molecular flexibility index (Phi) is 5.30. The average molecular weight is 266 g/mol. The molecule has 2 fully saturated rings. The number of likely N-dealkylation sites (tertiary alicyclic amines) is 1. The summed E-state index contributed by atoms with van der Waals surface area (Å²) in [6.07, 6.45) is 8.43. The molecular formula is C17H34N2. The average Bonchev–Trinajstić information content (AvgIpc) is 2.64. The summed E-state index contributed by atoms with van der Waals surface area (Å²) in [5, 5.41) is 3.64. The van der Waals surface area contributed by atoms with Crippen molar-refractivity contribution in [3.8, 4) is 0 Å². The highest BCUT2D eigenvalue weighted by atomic mass is 15.2. The quantitative estimate of drug-likeness (QED) is 0.838. The molecule has 2 aliphatic rings. The van der Waals surface area contributed by atoms with E-state index in [0.29, 0.717) is 5.41 Å². The Labute approximate surface area is 120 Å². The summed E-state index contributed by atoms with van der Waals surface area (Å²) in [5.74, 6) is 0.920.